The van der Waals surface area contributed by atoms with Gasteiger partial charge in [-0.1, -0.05) is 46.3 Å². The number of fused-ring (bicyclic) bond motifs is 1. The molecule has 28 heavy (non-hydrogen) atoms. The number of benzene rings is 3. The fraction of sp³-hybridized carbons (Fsp3) is 0.0435. The molecule has 4 rings (SSSR count). The summed E-state index contributed by atoms with van der Waals surface area (Å²) in [6.07, 6.45) is 0. The molecule has 0 atom stereocenters. The third-order valence-electron chi connectivity index (χ3n) is 4.51. The highest BCUT2D eigenvalue weighted by Crippen LogP contribution is 2.33. The minimum Gasteiger partial charge on any atom is -0.497 e. The van der Waals surface area contributed by atoms with Gasteiger partial charge in [-0.05, 0) is 48.0 Å². The van der Waals surface area contributed by atoms with Gasteiger partial charge < -0.3 is 9.15 Å². The molecule has 5 heteroatoms. The number of hydrogen-bond acceptors (Lipinski definition) is 4. The van der Waals surface area contributed by atoms with Gasteiger partial charge in [-0.3, -0.25) is 4.79 Å². The van der Waals surface area contributed by atoms with Crippen LogP contribution in [0.4, 0.5) is 0 Å². The molecule has 0 amide bonds. The molecule has 0 unspecified atom stereocenters. The van der Waals surface area contributed by atoms with Gasteiger partial charge in [-0.2, -0.15) is 0 Å². The summed E-state index contributed by atoms with van der Waals surface area (Å²) in [6.45, 7) is 0. The largest absolute Gasteiger partial charge is 0.497 e. The van der Waals surface area contributed by atoms with Crippen LogP contribution in [0.3, 0.4) is 0 Å². The van der Waals surface area contributed by atoms with Crippen molar-refractivity contribution < 1.29 is 13.9 Å². The first-order chi connectivity index (χ1) is 13.6. The lowest BCUT2D eigenvalue weighted by molar-refractivity contribution is 0.103. The number of hydrogen-bond donors (Lipinski definition) is 0. The zero-order valence-corrected chi connectivity index (χ0v) is 16.5. The third-order valence-corrected chi connectivity index (χ3v) is 5.00. The van der Waals surface area contributed by atoms with Crippen LogP contribution in [-0.4, -0.2) is 12.9 Å². The van der Waals surface area contributed by atoms with E-state index in [2.05, 4.69) is 15.9 Å². The van der Waals surface area contributed by atoms with Crippen LogP contribution < -0.4 is 10.4 Å². The summed E-state index contributed by atoms with van der Waals surface area (Å²) < 4.78 is 11.4. The lowest BCUT2D eigenvalue weighted by Gasteiger charge is -2.12. The van der Waals surface area contributed by atoms with E-state index in [4.69, 9.17) is 9.15 Å². The average Bonchev–Trinajstić information content (AvgIpc) is 2.73. The fourth-order valence-electron chi connectivity index (χ4n) is 3.17. The summed E-state index contributed by atoms with van der Waals surface area (Å²) in [5, 5.41) is 0.692. The highest BCUT2D eigenvalue weighted by Gasteiger charge is 2.23. The molecule has 0 aliphatic rings. The number of ether oxygens (including phenoxy) is 1. The molecule has 3 aromatic carbocycles. The predicted octanol–water partition coefficient (Wildman–Crippen LogP) is 5.46. The van der Waals surface area contributed by atoms with Crippen molar-refractivity contribution >= 4 is 32.7 Å². The van der Waals surface area contributed by atoms with E-state index in [1.165, 1.54) is 0 Å². The SMILES string of the molecule is COc1ccc(C(=O)c2c(-c3ccccc3)c3cc(Br)ccc3oc2=O)cc1. The van der Waals surface area contributed by atoms with Gasteiger partial charge in [0.2, 0.25) is 5.78 Å². The van der Waals surface area contributed by atoms with Crippen molar-refractivity contribution in [3.8, 4) is 16.9 Å². The molecule has 0 spiro atoms. The normalized spacial score (nSPS) is 10.8. The maximum atomic E-state index is 13.3. The third kappa shape index (κ3) is 3.25. The van der Waals surface area contributed by atoms with Gasteiger partial charge in [0.25, 0.3) is 0 Å². The van der Waals surface area contributed by atoms with Gasteiger partial charge in [0.15, 0.2) is 0 Å². The van der Waals surface area contributed by atoms with Crippen molar-refractivity contribution in [3.05, 3.63) is 98.8 Å². The Balaban J connectivity index is 2.03. The van der Waals surface area contributed by atoms with Crippen LogP contribution in [0.15, 0.2) is 86.5 Å². The summed E-state index contributed by atoms with van der Waals surface area (Å²) >= 11 is 3.46. The lowest BCUT2D eigenvalue weighted by Crippen LogP contribution is -2.17. The molecule has 1 heterocycles. The smallest absolute Gasteiger partial charge is 0.348 e. The van der Waals surface area contributed by atoms with Crippen molar-refractivity contribution in [2.45, 2.75) is 0 Å². The number of carbonyl (C=O) groups is 1. The summed E-state index contributed by atoms with van der Waals surface area (Å²) in [6, 6.07) is 21.4. The highest BCUT2D eigenvalue weighted by molar-refractivity contribution is 9.10. The number of carbonyl (C=O) groups excluding carboxylic acids is 1. The van der Waals surface area contributed by atoms with Crippen molar-refractivity contribution in [3.63, 3.8) is 0 Å². The number of ketones is 1. The van der Waals surface area contributed by atoms with Gasteiger partial charge in [-0.15, -0.1) is 0 Å². The molecule has 0 aliphatic heterocycles. The van der Waals surface area contributed by atoms with E-state index in [1.807, 2.05) is 36.4 Å². The maximum Gasteiger partial charge on any atom is 0.348 e. The molecule has 138 valence electrons. The Labute approximate surface area is 169 Å². The van der Waals surface area contributed by atoms with Crippen LogP contribution in [0.1, 0.15) is 15.9 Å². The van der Waals surface area contributed by atoms with Crippen LogP contribution in [0.5, 0.6) is 5.75 Å². The number of methoxy groups -OCH3 is 1. The van der Waals surface area contributed by atoms with Gasteiger partial charge in [-0.25, -0.2) is 4.79 Å². The molecule has 0 aliphatic carbocycles. The monoisotopic (exact) mass is 434 g/mol. The minimum atomic E-state index is -0.658. The van der Waals surface area contributed by atoms with E-state index in [9.17, 15) is 9.59 Å². The second-order valence-electron chi connectivity index (χ2n) is 6.20. The number of rotatable bonds is 4. The van der Waals surface area contributed by atoms with Crippen LogP contribution in [0.2, 0.25) is 0 Å². The Morgan fingerprint density at radius 1 is 0.964 bits per heavy atom. The molecule has 4 aromatic rings. The van der Waals surface area contributed by atoms with Crippen molar-refractivity contribution in [1.82, 2.24) is 0 Å². The molecule has 0 fully saturated rings. The molecule has 0 saturated heterocycles. The molecule has 0 bridgehead atoms. The van der Waals surface area contributed by atoms with E-state index < -0.39 is 11.4 Å². The van der Waals surface area contributed by atoms with Crippen LogP contribution in [-0.2, 0) is 0 Å². The summed E-state index contributed by atoms with van der Waals surface area (Å²) in [4.78, 5) is 26.1. The second-order valence-corrected chi connectivity index (χ2v) is 7.12. The van der Waals surface area contributed by atoms with Crippen LogP contribution >= 0.6 is 15.9 Å². The van der Waals surface area contributed by atoms with Gasteiger partial charge in [0, 0.05) is 21.0 Å². The van der Waals surface area contributed by atoms with E-state index in [0.29, 0.717) is 27.8 Å². The van der Waals surface area contributed by atoms with Crippen LogP contribution in [0.25, 0.3) is 22.1 Å². The van der Waals surface area contributed by atoms with Crippen LogP contribution in [0, 0.1) is 0 Å². The quantitative estimate of drug-likeness (QED) is 0.316. The molecule has 1 aromatic heterocycles. The molecular weight excluding hydrogens is 420 g/mol. The standard InChI is InChI=1S/C23H15BrO4/c1-27-17-10-7-15(8-11-17)22(25)21-20(14-5-3-2-4-6-14)18-13-16(24)9-12-19(18)28-23(21)26/h2-13H,1H3. The topological polar surface area (TPSA) is 56.5 Å². The molecule has 0 N–H and O–H groups in total. The van der Waals surface area contributed by atoms with E-state index in [0.717, 1.165) is 10.0 Å². The molecule has 4 nitrogen and oxygen atoms in total. The number of halogens is 1. The van der Waals surface area contributed by atoms with E-state index >= 15 is 0 Å². The fourth-order valence-corrected chi connectivity index (χ4v) is 3.53. The summed E-state index contributed by atoms with van der Waals surface area (Å²) in [7, 11) is 1.56. The first-order valence-corrected chi connectivity index (χ1v) is 9.38. The Morgan fingerprint density at radius 3 is 2.36 bits per heavy atom. The van der Waals surface area contributed by atoms with Crippen molar-refractivity contribution in [2.24, 2.45) is 0 Å². The molecule has 0 radical (unpaired) electrons. The van der Waals surface area contributed by atoms with Gasteiger partial charge in [0.05, 0.1) is 7.11 Å². The van der Waals surface area contributed by atoms with Gasteiger partial charge in [0.1, 0.15) is 16.9 Å². The summed E-state index contributed by atoms with van der Waals surface area (Å²) in [5.74, 6) is 0.242. The Morgan fingerprint density at radius 2 is 1.68 bits per heavy atom. The van der Waals surface area contributed by atoms with Crippen molar-refractivity contribution in [2.75, 3.05) is 7.11 Å². The highest BCUT2D eigenvalue weighted by atomic mass is 79.9. The molecule has 0 saturated carbocycles. The first kappa shape index (κ1) is 18.2. The Hall–Kier alpha value is -3.18. The molecular formula is C23H15BrO4. The zero-order chi connectivity index (χ0) is 19.7. The summed E-state index contributed by atoms with van der Waals surface area (Å²) in [5.41, 5.74) is 1.51. The first-order valence-electron chi connectivity index (χ1n) is 8.59. The Kier molecular flexibility index (Phi) is 4.84. The predicted molar refractivity (Wildman–Crippen MR) is 112 cm³/mol. The average molecular weight is 435 g/mol. The minimum absolute atomic E-state index is 0.0157. The Bertz CT molecular complexity index is 1230. The lowest BCUT2D eigenvalue weighted by atomic mass is 9.92. The maximum absolute atomic E-state index is 13.3. The zero-order valence-electron chi connectivity index (χ0n) is 14.9. The van der Waals surface area contributed by atoms with Crippen molar-refractivity contribution in [1.29, 1.82) is 0 Å². The van der Waals surface area contributed by atoms with Gasteiger partial charge >= 0.3 is 5.63 Å². The van der Waals surface area contributed by atoms with E-state index in [-0.39, 0.29) is 5.56 Å². The van der Waals surface area contributed by atoms with E-state index in [1.54, 1.807) is 43.5 Å². The second kappa shape index (κ2) is 7.44.